The average molecular weight is 196 g/mol. The highest BCUT2D eigenvalue weighted by molar-refractivity contribution is 4.93. The van der Waals surface area contributed by atoms with Crippen LogP contribution >= 0.6 is 0 Å². The van der Waals surface area contributed by atoms with Crippen LogP contribution in [0.4, 0.5) is 0 Å². The Labute approximate surface area is 88.1 Å². The van der Waals surface area contributed by atoms with Crippen LogP contribution in [0.3, 0.4) is 0 Å². The molecule has 0 radical (unpaired) electrons. The second kappa shape index (κ2) is 3.82. The molecule has 2 unspecified atom stereocenters. The normalized spacial score (nSPS) is 37.1. The molecule has 1 heterocycles. The Morgan fingerprint density at radius 1 is 1.43 bits per heavy atom. The van der Waals surface area contributed by atoms with E-state index < -0.39 is 0 Å². The molecule has 0 amide bonds. The van der Waals surface area contributed by atoms with Crippen molar-refractivity contribution in [1.29, 1.82) is 0 Å². The first-order chi connectivity index (χ1) is 6.63. The molecule has 1 saturated carbocycles. The third kappa shape index (κ3) is 2.29. The highest BCUT2D eigenvalue weighted by Gasteiger charge is 2.39. The van der Waals surface area contributed by atoms with Crippen molar-refractivity contribution in [2.45, 2.75) is 39.2 Å². The van der Waals surface area contributed by atoms with Crippen LogP contribution in [-0.2, 0) is 0 Å². The zero-order valence-electron chi connectivity index (χ0n) is 9.84. The molecule has 1 N–H and O–H groups in total. The minimum atomic E-state index is 0.687. The van der Waals surface area contributed by atoms with E-state index in [4.69, 9.17) is 0 Å². The van der Waals surface area contributed by atoms with E-state index in [2.05, 4.69) is 31.1 Å². The van der Waals surface area contributed by atoms with Gasteiger partial charge in [-0.2, -0.15) is 0 Å². The van der Waals surface area contributed by atoms with Crippen molar-refractivity contribution < 1.29 is 0 Å². The number of likely N-dealkylation sites (tertiary alicyclic amines) is 1. The van der Waals surface area contributed by atoms with Crippen molar-refractivity contribution in [3.63, 3.8) is 0 Å². The van der Waals surface area contributed by atoms with Gasteiger partial charge in [0, 0.05) is 19.1 Å². The van der Waals surface area contributed by atoms with E-state index in [9.17, 15) is 0 Å². The lowest BCUT2D eigenvalue weighted by molar-refractivity contribution is 0.130. The number of hydrogen-bond donors (Lipinski definition) is 1. The Hall–Kier alpha value is -0.0800. The molecule has 0 aromatic carbocycles. The van der Waals surface area contributed by atoms with Gasteiger partial charge in [-0.15, -0.1) is 0 Å². The molecule has 2 rings (SSSR count). The molecule has 1 saturated heterocycles. The molecule has 2 nitrogen and oxygen atoms in total. The molecule has 14 heavy (non-hydrogen) atoms. The zero-order valence-corrected chi connectivity index (χ0v) is 9.84. The molecular formula is C12H24N2. The van der Waals surface area contributed by atoms with Gasteiger partial charge >= 0.3 is 0 Å². The van der Waals surface area contributed by atoms with Crippen LogP contribution in [0.1, 0.15) is 33.1 Å². The largest absolute Gasteiger partial charge is 0.317 e. The van der Waals surface area contributed by atoms with Crippen molar-refractivity contribution in [2.24, 2.45) is 11.3 Å². The zero-order chi connectivity index (χ0) is 10.2. The Balaban J connectivity index is 1.80. The molecule has 1 aliphatic heterocycles. The van der Waals surface area contributed by atoms with Gasteiger partial charge < -0.3 is 10.2 Å². The maximum absolute atomic E-state index is 3.43. The molecule has 2 fully saturated rings. The summed E-state index contributed by atoms with van der Waals surface area (Å²) in [6.07, 6.45) is 4.23. The van der Waals surface area contributed by atoms with Gasteiger partial charge in [-0.1, -0.05) is 13.8 Å². The summed E-state index contributed by atoms with van der Waals surface area (Å²) < 4.78 is 0. The number of hydrogen-bond acceptors (Lipinski definition) is 2. The minimum absolute atomic E-state index is 0.687. The Morgan fingerprint density at radius 2 is 2.14 bits per heavy atom. The number of nitrogens with one attached hydrogen (secondary N) is 1. The molecule has 0 bridgehead atoms. The SMILES string of the molecule is CNC1CCN(CC2(C)CC2)CC1C. The van der Waals surface area contributed by atoms with Crippen LogP contribution in [-0.4, -0.2) is 37.6 Å². The summed E-state index contributed by atoms with van der Waals surface area (Å²) in [7, 11) is 2.10. The number of piperidine rings is 1. The van der Waals surface area contributed by atoms with Crippen molar-refractivity contribution in [3.8, 4) is 0 Å². The Morgan fingerprint density at radius 3 is 2.64 bits per heavy atom. The summed E-state index contributed by atoms with van der Waals surface area (Å²) in [5.74, 6) is 0.816. The molecule has 1 aliphatic carbocycles. The lowest BCUT2D eigenvalue weighted by Crippen LogP contribution is -2.48. The Kier molecular flexibility index (Phi) is 2.85. The van der Waals surface area contributed by atoms with Crippen LogP contribution in [0.25, 0.3) is 0 Å². The van der Waals surface area contributed by atoms with E-state index in [0.29, 0.717) is 5.41 Å². The van der Waals surface area contributed by atoms with Crippen LogP contribution < -0.4 is 5.32 Å². The molecule has 2 aliphatic rings. The highest BCUT2D eigenvalue weighted by Crippen LogP contribution is 2.45. The van der Waals surface area contributed by atoms with Crippen LogP contribution in [0.5, 0.6) is 0 Å². The molecular weight excluding hydrogens is 172 g/mol. The van der Waals surface area contributed by atoms with Crippen molar-refractivity contribution in [1.82, 2.24) is 10.2 Å². The third-order valence-corrected chi connectivity index (χ3v) is 4.07. The van der Waals surface area contributed by atoms with Crippen LogP contribution in [0.15, 0.2) is 0 Å². The van der Waals surface area contributed by atoms with E-state index in [0.717, 1.165) is 12.0 Å². The summed E-state index contributed by atoms with van der Waals surface area (Å²) in [6.45, 7) is 8.74. The fraction of sp³-hybridized carbons (Fsp3) is 1.00. The summed E-state index contributed by atoms with van der Waals surface area (Å²) in [6, 6.07) is 0.748. The van der Waals surface area contributed by atoms with Gasteiger partial charge in [-0.05, 0) is 44.2 Å². The van der Waals surface area contributed by atoms with E-state index >= 15 is 0 Å². The van der Waals surface area contributed by atoms with Gasteiger partial charge in [0.15, 0.2) is 0 Å². The molecule has 82 valence electrons. The van der Waals surface area contributed by atoms with E-state index in [1.165, 1.54) is 38.9 Å². The number of rotatable bonds is 3. The lowest BCUT2D eigenvalue weighted by Gasteiger charge is -2.38. The van der Waals surface area contributed by atoms with Gasteiger partial charge in [0.1, 0.15) is 0 Å². The topological polar surface area (TPSA) is 15.3 Å². The van der Waals surface area contributed by atoms with E-state index in [-0.39, 0.29) is 0 Å². The fourth-order valence-electron chi connectivity index (χ4n) is 2.72. The maximum Gasteiger partial charge on any atom is 0.0114 e. The molecule has 0 aromatic heterocycles. The second-order valence-corrected chi connectivity index (χ2v) is 5.71. The second-order valence-electron chi connectivity index (χ2n) is 5.71. The van der Waals surface area contributed by atoms with Crippen LogP contribution in [0, 0.1) is 11.3 Å². The van der Waals surface area contributed by atoms with Gasteiger partial charge in [0.05, 0.1) is 0 Å². The first-order valence-corrected chi connectivity index (χ1v) is 6.03. The van der Waals surface area contributed by atoms with E-state index in [1.54, 1.807) is 0 Å². The minimum Gasteiger partial charge on any atom is -0.317 e. The smallest absolute Gasteiger partial charge is 0.0114 e. The maximum atomic E-state index is 3.43. The summed E-state index contributed by atoms with van der Waals surface area (Å²) >= 11 is 0. The third-order valence-electron chi connectivity index (χ3n) is 4.07. The molecule has 0 spiro atoms. The van der Waals surface area contributed by atoms with Gasteiger partial charge in [-0.25, -0.2) is 0 Å². The standard InChI is InChI=1S/C12H24N2/c1-10-8-14(7-4-11(10)13-3)9-12(2)5-6-12/h10-11,13H,4-9H2,1-3H3. The lowest BCUT2D eigenvalue weighted by atomic mass is 9.93. The van der Waals surface area contributed by atoms with Gasteiger partial charge in [-0.3, -0.25) is 0 Å². The Bertz CT molecular complexity index is 198. The first kappa shape index (κ1) is 10.4. The first-order valence-electron chi connectivity index (χ1n) is 6.03. The monoisotopic (exact) mass is 196 g/mol. The van der Waals surface area contributed by atoms with Crippen molar-refractivity contribution in [3.05, 3.63) is 0 Å². The highest BCUT2D eigenvalue weighted by atomic mass is 15.2. The quantitative estimate of drug-likeness (QED) is 0.739. The molecule has 2 heteroatoms. The van der Waals surface area contributed by atoms with E-state index in [1.807, 2.05) is 0 Å². The van der Waals surface area contributed by atoms with Crippen molar-refractivity contribution >= 4 is 0 Å². The van der Waals surface area contributed by atoms with Crippen LogP contribution in [0.2, 0.25) is 0 Å². The predicted octanol–water partition coefficient (Wildman–Crippen LogP) is 1.72. The number of nitrogens with zero attached hydrogens (tertiary/aromatic N) is 1. The van der Waals surface area contributed by atoms with Gasteiger partial charge in [0.25, 0.3) is 0 Å². The summed E-state index contributed by atoms with van der Waals surface area (Å²) in [5, 5.41) is 3.43. The predicted molar refractivity (Wildman–Crippen MR) is 60.4 cm³/mol. The van der Waals surface area contributed by atoms with Gasteiger partial charge in [0.2, 0.25) is 0 Å². The summed E-state index contributed by atoms with van der Waals surface area (Å²) in [5.41, 5.74) is 0.687. The molecule has 0 aromatic rings. The fourth-order valence-corrected chi connectivity index (χ4v) is 2.72. The average Bonchev–Trinajstić information content (AvgIpc) is 2.84. The van der Waals surface area contributed by atoms with Crippen molar-refractivity contribution in [2.75, 3.05) is 26.7 Å². The summed E-state index contributed by atoms with van der Waals surface area (Å²) in [4.78, 5) is 2.67. The molecule has 2 atom stereocenters.